The lowest BCUT2D eigenvalue weighted by atomic mass is 9.67. The Morgan fingerprint density at radius 2 is 1.55 bits per heavy atom. The third-order valence-corrected chi connectivity index (χ3v) is 8.27. The maximum absolute atomic E-state index is 9.78. The molecule has 0 saturated heterocycles. The number of aryl methyl sites for hydroxylation is 1. The van der Waals surface area contributed by atoms with Crippen molar-refractivity contribution in [1.29, 1.82) is 5.26 Å². The molecule has 1 aromatic carbocycles. The highest BCUT2D eigenvalue weighted by molar-refractivity contribution is 5.26. The molecular weight excluding hydrogens is 350 g/mol. The summed E-state index contributed by atoms with van der Waals surface area (Å²) in [6, 6.07) is 12.3. The predicted octanol–water partition coefficient (Wildman–Crippen LogP) is 8.58. The SMILES string of the molecule is CCCCCC1(C#N)CCC(c2ccc(CCC3CCC(CC)CC3)cc2)CC1. The van der Waals surface area contributed by atoms with Gasteiger partial charge in [0.1, 0.15) is 0 Å². The Morgan fingerprint density at radius 3 is 2.14 bits per heavy atom. The van der Waals surface area contributed by atoms with Crippen LogP contribution in [0.4, 0.5) is 0 Å². The van der Waals surface area contributed by atoms with Crippen LogP contribution >= 0.6 is 0 Å². The average Bonchev–Trinajstić information content (AvgIpc) is 2.79. The summed E-state index contributed by atoms with van der Waals surface area (Å²) >= 11 is 0. The van der Waals surface area contributed by atoms with Crippen molar-refractivity contribution in [1.82, 2.24) is 0 Å². The molecule has 160 valence electrons. The number of nitrogens with zero attached hydrogens (tertiary/aromatic N) is 1. The quantitative estimate of drug-likeness (QED) is 0.385. The van der Waals surface area contributed by atoms with E-state index >= 15 is 0 Å². The van der Waals surface area contributed by atoms with Crippen molar-refractivity contribution in [2.45, 2.75) is 116 Å². The molecule has 0 N–H and O–H groups in total. The molecule has 29 heavy (non-hydrogen) atoms. The first-order chi connectivity index (χ1) is 14.2. The molecule has 0 heterocycles. The highest BCUT2D eigenvalue weighted by Gasteiger charge is 2.35. The Bertz CT molecular complexity index is 621. The molecule has 1 heteroatoms. The van der Waals surface area contributed by atoms with Crippen LogP contribution in [-0.4, -0.2) is 0 Å². The van der Waals surface area contributed by atoms with E-state index in [2.05, 4.69) is 44.2 Å². The maximum Gasteiger partial charge on any atom is 0.0689 e. The van der Waals surface area contributed by atoms with Crippen LogP contribution in [0, 0.1) is 28.6 Å². The highest BCUT2D eigenvalue weighted by atomic mass is 14.4. The van der Waals surface area contributed by atoms with E-state index in [9.17, 15) is 5.26 Å². The summed E-state index contributed by atoms with van der Waals surface area (Å²) in [5.41, 5.74) is 3.01. The highest BCUT2D eigenvalue weighted by Crippen LogP contribution is 2.45. The minimum atomic E-state index is -0.0254. The molecule has 1 nitrogen and oxygen atoms in total. The van der Waals surface area contributed by atoms with Gasteiger partial charge in [0.2, 0.25) is 0 Å². The van der Waals surface area contributed by atoms with Crippen LogP contribution in [0.5, 0.6) is 0 Å². The van der Waals surface area contributed by atoms with Gasteiger partial charge in [0.05, 0.1) is 11.5 Å². The van der Waals surface area contributed by atoms with Crippen molar-refractivity contribution < 1.29 is 0 Å². The first-order valence-electron chi connectivity index (χ1n) is 12.7. The Morgan fingerprint density at radius 1 is 0.897 bits per heavy atom. The number of hydrogen-bond acceptors (Lipinski definition) is 1. The lowest BCUT2D eigenvalue weighted by molar-refractivity contribution is 0.223. The van der Waals surface area contributed by atoms with E-state index in [-0.39, 0.29) is 5.41 Å². The van der Waals surface area contributed by atoms with Crippen LogP contribution in [-0.2, 0) is 6.42 Å². The van der Waals surface area contributed by atoms with Gasteiger partial charge in [-0.2, -0.15) is 5.26 Å². The second-order valence-corrected chi connectivity index (χ2v) is 10.2. The standard InChI is InChI=1S/C28H43N/c1-3-5-6-19-28(22-29)20-17-27(18-21-28)26-15-13-25(14-16-26)12-11-24-9-7-23(4-2)8-10-24/h13-16,23-24,27H,3-12,17-21H2,1-2H3. The molecule has 2 saturated carbocycles. The molecule has 2 fully saturated rings. The maximum atomic E-state index is 9.78. The van der Waals surface area contributed by atoms with Crippen molar-refractivity contribution in [3.05, 3.63) is 35.4 Å². The Hall–Kier alpha value is -1.29. The summed E-state index contributed by atoms with van der Waals surface area (Å²) in [4.78, 5) is 0. The van der Waals surface area contributed by atoms with Crippen molar-refractivity contribution in [2.24, 2.45) is 17.3 Å². The lowest BCUT2D eigenvalue weighted by Crippen LogP contribution is -2.25. The third-order valence-electron chi connectivity index (χ3n) is 8.27. The normalized spacial score (nSPS) is 30.0. The fourth-order valence-corrected chi connectivity index (χ4v) is 5.89. The molecule has 2 aliphatic rings. The molecule has 1 aromatic rings. The van der Waals surface area contributed by atoms with Gasteiger partial charge in [0.25, 0.3) is 0 Å². The molecule has 0 radical (unpaired) electrons. The van der Waals surface area contributed by atoms with E-state index < -0.39 is 0 Å². The Labute approximate surface area is 180 Å². The first-order valence-corrected chi connectivity index (χ1v) is 12.7. The van der Waals surface area contributed by atoms with E-state index in [1.807, 2.05) is 0 Å². The number of unbranched alkanes of at least 4 members (excludes halogenated alkanes) is 2. The van der Waals surface area contributed by atoms with Gasteiger partial charge in [-0.3, -0.25) is 0 Å². The summed E-state index contributed by atoms with van der Waals surface area (Å²) in [7, 11) is 0. The molecular formula is C28H43N. The summed E-state index contributed by atoms with van der Waals surface area (Å²) in [6.45, 7) is 4.60. The van der Waals surface area contributed by atoms with E-state index in [0.29, 0.717) is 5.92 Å². The zero-order chi connectivity index (χ0) is 20.5. The van der Waals surface area contributed by atoms with Crippen LogP contribution in [0.2, 0.25) is 0 Å². The lowest BCUT2D eigenvalue weighted by Gasteiger charge is -2.35. The fraction of sp³-hybridized carbons (Fsp3) is 0.750. The molecule has 0 spiro atoms. The van der Waals surface area contributed by atoms with E-state index in [0.717, 1.165) is 31.1 Å². The summed E-state index contributed by atoms with van der Waals surface area (Å²) < 4.78 is 0. The smallest absolute Gasteiger partial charge is 0.0689 e. The largest absolute Gasteiger partial charge is 0.198 e. The van der Waals surface area contributed by atoms with Crippen molar-refractivity contribution in [3.63, 3.8) is 0 Å². The van der Waals surface area contributed by atoms with Gasteiger partial charge in [0.15, 0.2) is 0 Å². The van der Waals surface area contributed by atoms with E-state index in [4.69, 9.17) is 0 Å². The van der Waals surface area contributed by atoms with Gasteiger partial charge in [-0.25, -0.2) is 0 Å². The zero-order valence-corrected chi connectivity index (χ0v) is 19.1. The van der Waals surface area contributed by atoms with Gasteiger partial charge in [-0.05, 0) is 73.8 Å². The monoisotopic (exact) mass is 393 g/mol. The third kappa shape index (κ3) is 6.34. The van der Waals surface area contributed by atoms with Crippen LogP contribution in [0.15, 0.2) is 24.3 Å². The summed E-state index contributed by atoms with van der Waals surface area (Å²) in [5.74, 6) is 2.64. The van der Waals surface area contributed by atoms with Gasteiger partial charge in [0, 0.05) is 0 Å². The van der Waals surface area contributed by atoms with Crippen LogP contribution in [0.1, 0.15) is 121 Å². The van der Waals surface area contributed by atoms with E-state index in [1.54, 1.807) is 0 Å². The second-order valence-electron chi connectivity index (χ2n) is 10.2. The van der Waals surface area contributed by atoms with Crippen molar-refractivity contribution in [2.75, 3.05) is 0 Å². The minimum Gasteiger partial charge on any atom is -0.198 e. The van der Waals surface area contributed by atoms with Gasteiger partial charge in [-0.1, -0.05) is 89.5 Å². The molecule has 0 bridgehead atoms. The molecule has 0 aliphatic heterocycles. The fourth-order valence-electron chi connectivity index (χ4n) is 5.89. The van der Waals surface area contributed by atoms with E-state index in [1.165, 1.54) is 88.2 Å². The zero-order valence-electron chi connectivity index (χ0n) is 19.1. The molecule has 0 amide bonds. The van der Waals surface area contributed by atoms with Crippen molar-refractivity contribution >= 4 is 0 Å². The predicted molar refractivity (Wildman–Crippen MR) is 124 cm³/mol. The van der Waals surface area contributed by atoms with Gasteiger partial charge in [-0.15, -0.1) is 0 Å². The van der Waals surface area contributed by atoms with Crippen molar-refractivity contribution in [3.8, 4) is 6.07 Å². The van der Waals surface area contributed by atoms with Crippen LogP contribution in [0.25, 0.3) is 0 Å². The first kappa shape index (κ1) is 22.4. The Kier molecular flexibility index (Phi) is 8.65. The number of hydrogen-bond donors (Lipinski definition) is 0. The number of benzene rings is 1. The molecule has 2 aliphatic carbocycles. The minimum absolute atomic E-state index is 0.0254. The summed E-state index contributed by atoms with van der Waals surface area (Å²) in [6.07, 6.45) is 19.3. The number of nitriles is 1. The average molecular weight is 394 g/mol. The molecule has 3 rings (SSSR count). The van der Waals surface area contributed by atoms with Gasteiger partial charge < -0.3 is 0 Å². The topological polar surface area (TPSA) is 23.8 Å². The summed E-state index contributed by atoms with van der Waals surface area (Å²) in [5, 5.41) is 9.78. The molecule has 0 aromatic heterocycles. The number of rotatable bonds is 9. The van der Waals surface area contributed by atoms with Crippen LogP contribution < -0.4 is 0 Å². The van der Waals surface area contributed by atoms with Gasteiger partial charge >= 0.3 is 0 Å². The Balaban J connectivity index is 1.44. The molecule has 0 unspecified atom stereocenters. The van der Waals surface area contributed by atoms with Crippen LogP contribution in [0.3, 0.4) is 0 Å². The second kappa shape index (κ2) is 11.2. The molecule has 0 atom stereocenters.